The molecular formula is C24H27N5OS. The molecule has 2 aromatic rings. The van der Waals surface area contributed by atoms with Crippen LogP contribution >= 0.6 is 11.8 Å². The maximum Gasteiger partial charge on any atom is 0.283 e. The Balaban J connectivity index is 1.72. The SMILES string of the molecule is CCCCC1=NN2C(=N)/C(=C\c3cc(C)n(-c4cc(C)ccc4C)c3C)C(=O)N=C2S1. The first-order valence-electron chi connectivity index (χ1n) is 10.6. The first-order chi connectivity index (χ1) is 14.8. The van der Waals surface area contributed by atoms with Crippen LogP contribution in [0.3, 0.4) is 0 Å². The Bertz CT molecular complexity index is 1180. The van der Waals surface area contributed by atoms with Gasteiger partial charge in [-0.2, -0.15) is 15.1 Å². The molecule has 0 fully saturated rings. The number of nitrogens with zero attached hydrogens (tertiary/aromatic N) is 4. The number of nitrogens with one attached hydrogen (secondary N) is 1. The highest BCUT2D eigenvalue weighted by Crippen LogP contribution is 2.31. The predicted molar refractivity (Wildman–Crippen MR) is 129 cm³/mol. The van der Waals surface area contributed by atoms with Crippen molar-refractivity contribution in [2.24, 2.45) is 10.1 Å². The quantitative estimate of drug-likeness (QED) is 0.631. The molecule has 2 aliphatic heterocycles. The number of hydrazone groups is 1. The van der Waals surface area contributed by atoms with E-state index in [9.17, 15) is 4.79 Å². The third-order valence-electron chi connectivity index (χ3n) is 5.62. The summed E-state index contributed by atoms with van der Waals surface area (Å²) >= 11 is 1.39. The number of amidine groups is 2. The second-order valence-electron chi connectivity index (χ2n) is 8.07. The summed E-state index contributed by atoms with van der Waals surface area (Å²) in [6.07, 6.45) is 4.72. The predicted octanol–water partition coefficient (Wildman–Crippen LogP) is 5.52. The molecule has 7 heteroatoms. The van der Waals surface area contributed by atoms with Crippen molar-refractivity contribution in [1.82, 2.24) is 9.58 Å². The lowest BCUT2D eigenvalue weighted by Gasteiger charge is -2.20. The Morgan fingerprint density at radius 2 is 1.94 bits per heavy atom. The van der Waals surface area contributed by atoms with Crippen molar-refractivity contribution in [3.63, 3.8) is 0 Å². The number of aliphatic imine (C=N–C) groups is 1. The van der Waals surface area contributed by atoms with Crippen LogP contribution in [0.2, 0.25) is 0 Å². The van der Waals surface area contributed by atoms with E-state index in [2.05, 4.69) is 66.6 Å². The fourth-order valence-corrected chi connectivity index (χ4v) is 4.81. The largest absolute Gasteiger partial charge is 0.318 e. The fourth-order valence-electron chi connectivity index (χ4n) is 3.88. The normalized spacial score (nSPS) is 17.3. The molecule has 0 unspecified atom stereocenters. The molecular weight excluding hydrogens is 406 g/mol. The van der Waals surface area contributed by atoms with Gasteiger partial charge in [-0.15, -0.1) is 0 Å². The molecule has 0 aliphatic carbocycles. The number of thioether (sulfide) groups is 1. The Kier molecular flexibility index (Phi) is 5.71. The van der Waals surface area contributed by atoms with Crippen LogP contribution in [0.15, 0.2) is 39.9 Å². The lowest BCUT2D eigenvalue weighted by molar-refractivity contribution is -0.114. The molecule has 0 atom stereocenters. The van der Waals surface area contributed by atoms with Gasteiger partial charge in [0.1, 0.15) is 5.04 Å². The zero-order valence-corrected chi connectivity index (χ0v) is 19.4. The number of carbonyl (C=O) groups is 1. The van der Waals surface area contributed by atoms with Crippen LogP contribution in [0.25, 0.3) is 11.8 Å². The van der Waals surface area contributed by atoms with Crippen LogP contribution in [0.5, 0.6) is 0 Å². The molecule has 0 bridgehead atoms. The molecule has 2 aliphatic rings. The molecule has 1 N–H and O–H groups in total. The molecule has 0 radical (unpaired) electrons. The summed E-state index contributed by atoms with van der Waals surface area (Å²) in [5, 5.41) is 16.0. The highest BCUT2D eigenvalue weighted by molar-refractivity contribution is 8.26. The topological polar surface area (TPSA) is 73.8 Å². The molecule has 160 valence electrons. The average molecular weight is 434 g/mol. The van der Waals surface area contributed by atoms with Gasteiger partial charge in [0, 0.05) is 17.1 Å². The molecule has 1 aromatic heterocycles. The van der Waals surface area contributed by atoms with Crippen LogP contribution in [0.1, 0.15) is 54.3 Å². The molecule has 1 aromatic carbocycles. The standard InChI is InChI=1S/C24H27N5OS/c1-6-7-8-21-27-29-22(25)19(23(30)26-24(29)31-21)13-18-12-16(4)28(17(18)5)20-11-14(2)9-10-15(20)3/h9-13,25H,6-8H2,1-5H3/b19-13+,25-22?. The number of hydrogen-bond donors (Lipinski definition) is 1. The number of fused-ring (bicyclic) bond motifs is 1. The van der Waals surface area contributed by atoms with Gasteiger partial charge in [0.25, 0.3) is 5.91 Å². The van der Waals surface area contributed by atoms with Crippen molar-refractivity contribution in [3.8, 4) is 5.69 Å². The van der Waals surface area contributed by atoms with Gasteiger partial charge in [0.15, 0.2) is 5.84 Å². The van der Waals surface area contributed by atoms with Crippen molar-refractivity contribution in [2.75, 3.05) is 0 Å². The highest BCUT2D eigenvalue weighted by Gasteiger charge is 2.35. The third-order valence-corrected chi connectivity index (χ3v) is 6.58. The monoisotopic (exact) mass is 433 g/mol. The van der Waals surface area contributed by atoms with Crippen LogP contribution < -0.4 is 0 Å². The number of aromatic nitrogens is 1. The van der Waals surface area contributed by atoms with Crippen molar-refractivity contribution >= 4 is 39.8 Å². The number of carbonyl (C=O) groups excluding carboxylic acids is 1. The fraction of sp³-hybridized carbons (Fsp3) is 0.333. The van der Waals surface area contributed by atoms with Crippen LogP contribution in [0, 0.1) is 33.1 Å². The number of rotatable bonds is 5. The number of amides is 1. The number of benzene rings is 1. The smallest absolute Gasteiger partial charge is 0.283 e. The second-order valence-corrected chi connectivity index (χ2v) is 9.11. The molecule has 31 heavy (non-hydrogen) atoms. The Morgan fingerprint density at radius 3 is 2.68 bits per heavy atom. The second kappa shape index (κ2) is 8.30. The Morgan fingerprint density at radius 1 is 1.16 bits per heavy atom. The molecule has 0 saturated carbocycles. The first kappa shape index (κ1) is 21.3. The number of unbranched alkanes of at least 4 members (excludes halogenated alkanes) is 1. The van der Waals surface area contributed by atoms with Gasteiger partial charge >= 0.3 is 0 Å². The minimum atomic E-state index is -0.382. The molecule has 3 heterocycles. The van der Waals surface area contributed by atoms with Gasteiger partial charge in [0.2, 0.25) is 5.17 Å². The van der Waals surface area contributed by atoms with E-state index in [1.54, 1.807) is 6.08 Å². The van der Waals surface area contributed by atoms with Gasteiger partial charge in [0.05, 0.1) is 5.57 Å². The summed E-state index contributed by atoms with van der Waals surface area (Å²) in [7, 11) is 0. The van der Waals surface area contributed by atoms with Crippen LogP contribution in [-0.2, 0) is 4.79 Å². The highest BCUT2D eigenvalue weighted by atomic mass is 32.2. The Labute approximate surface area is 187 Å². The van der Waals surface area contributed by atoms with Gasteiger partial charge < -0.3 is 4.57 Å². The summed E-state index contributed by atoms with van der Waals surface area (Å²) in [5.41, 5.74) is 6.79. The minimum absolute atomic E-state index is 0.0885. The Hall–Kier alpha value is -2.93. The lowest BCUT2D eigenvalue weighted by atomic mass is 10.1. The summed E-state index contributed by atoms with van der Waals surface area (Å²) in [6, 6.07) is 8.46. The van der Waals surface area contributed by atoms with Crippen LogP contribution in [0.4, 0.5) is 0 Å². The van der Waals surface area contributed by atoms with Gasteiger partial charge in [-0.05, 0) is 87.2 Å². The van der Waals surface area contributed by atoms with E-state index in [0.29, 0.717) is 5.17 Å². The zero-order chi connectivity index (χ0) is 22.3. The van der Waals surface area contributed by atoms with E-state index in [4.69, 9.17) is 5.41 Å². The molecule has 6 nitrogen and oxygen atoms in total. The zero-order valence-electron chi connectivity index (χ0n) is 18.6. The first-order valence-corrected chi connectivity index (χ1v) is 11.4. The number of hydrogen-bond acceptors (Lipinski definition) is 4. The lowest BCUT2D eigenvalue weighted by Crippen LogP contribution is -2.35. The van der Waals surface area contributed by atoms with E-state index in [1.807, 2.05) is 6.92 Å². The van der Waals surface area contributed by atoms with Crippen molar-refractivity contribution < 1.29 is 4.79 Å². The van der Waals surface area contributed by atoms with E-state index in [0.717, 1.165) is 46.9 Å². The van der Waals surface area contributed by atoms with Gasteiger partial charge in [-0.3, -0.25) is 10.2 Å². The van der Waals surface area contributed by atoms with Crippen LogP contribution in [-0.4, -0.2) is 31.5 Å². The third kappa shape index (κ3) is 3.90. The minimum Gasteiger partial charge on any atom is -0.318 e. The maximum atomic E-state index is 12.7. The van der Waals surface area contributed by atoms with E-state index in [-0.39, 0.29) is 17.3 Å². The molecule has 0 saturated heterocycles. The summed E-state index contributed by atoms with van der Waals surface area (Å²) < 4.78 is 2.20. The van der Waals surface area contributed by atoms with Crippen molar-refractivity contribution in [2.45, 2.75) is 53.9 Å². The van der Waals surface area contributed by atoms with Gasteiger partial charge in [-0.1, -0.05) is 25.5 Å². The molecule has 4 rings (SSSR count). The summed E-state index contributed by atoms with van der Waals surface area (Å²) in [5.74, 6) is -0.294. The van der Waals surface area contributed by atoms with E-state index < -0.39 is 0 Å². The summed E-state index contributed by atoms with van der Waals surface area (Å²) in [4.78, 5) is 17.0. The number of aryl methyl sites for hydroxylation is 3. The van der Waals surface area contributed by atoms with E-state index in [1.165, 1.54) is 27.9 Å². The average Bonchev–Trinajstić information content (AvgIpc) is 3.25. The van der Waals surface area contributed by atoms with Gasteiger partial charge in [-0.25, -0.2) is 0 Å². The summed E-state index contributed by atoms with van der Waals surface area (Å²) in [6.45, 7) is 10.4. The van der Waals surface area contributed by atoms with Crippen molar-refractivity contribution in [3.05, 3.63) is 57.9 Å². The molecule has 1 amide bonds. The van der Waals surface area contributed by atoms with E-state index >= 15 is 0 Å². The molecule has 0 spiro atoms. The maximum absolute atomic E-state index is 12.7. The van der Waals surface area contributed by atoms with Crippen molar-refractivity contribution in [1.29, 1.82) is 5.41 Å².